The molecule has 0 aromatic heterocycles. The highest BCUT2D eigenvalue weighted by molar-refractivity contribution is 5.66. The van der Waals surface area contributed by atoms with Gasteiger partial charge in [-0.2, -0.15) is 0 Å². The van der Waals surface area contributed by atoms with Crippen LogP contribution in [0.15, 0.2) is 18.2 Å². The molecule has 1 fully saturated rings. The zero-order chi connectivity index (χ0) is 16.7. The highest BCUT2D eigenvalue weighted by Crippen LogP contribution is 2.57. The first kappa shape index (κ1) is 16.4. The molecule has 1 saturated carbocycles. The third kappa shape index (κ3) is 2.75. The van der Waals surface area contributed by atoms with Gasteiger partial charge in [0.1, 0.15) is 12.4 Å². The topological polar surface area (TPSA) is 35.5 Å². The van der Waals surface area contributed by atoms with Crippen LogP contribution in [0.1, 0.15) is 57.6 Å². The Labute approximate surface area is 139 Å². The zero-order valence-electron chi connectivity index (χ0n) is 14.8. The van der Waals surface area contributed by atoms with Crippen molar-refractivity contribution in [2.75, 3.05) is 13.7 Å². The SMILES string of the molecule is COc1ccc2c(c1)[C@]1(COC(C)=O)CCCC(C)(C)[C@H]1CC2. The number of fused-ring (bicyclic) bond motifs is 3. The van der Waals surface area contributed by atoms with Crippen LogP contribution in [-0.4, -0.2) is 19.7 Å². The Morgan fingerprint density at radius 1 is 1.30 bits per heavy atom. The molecule has 0 heterocycles. The van der Waals surface area contributed by atoms with E-state index >= 15 is 0 Å². The third-order valence-electron chi connectivity index (χ3n) is 6.14. The number of methoxy groups -OCH3 is 1. The second kappa shape index (κ2) is 5.85. The lowest BCUT2D eigenvalue weighted by atomic mass is 9.50. The van der Waals surface area contributed by atoms with E-state index in [0.29, 0.717) is 12.5 Å². The van der Waals surface area contributed by atoms with E-state index in [1.165, 1.54) is 37.3 Å². The summed E-state index contributed by atoms with van der Waals surface area (Å²) < 4.78 is 11.1. The number of hydrogen-bond acceptors (Lipinski definition) is 3. The molecule has 0 saturated heterocycles. The van der Waals surface area contributed by atoms with Gasteiger partial charge < -0.3 is 9.47 Å². The van der Waals surface area contributed by atoms with Crippen molar-refractivity contribution in [3.05, 3.63) is 29.3 Å². The standard InChI is InChI=1S/C20H28O3/c1-14(21)23-13-20-11-5-10-19(2,3)18(20)9-7-15-6-8-16(22-4)12-17(15)20/h6,8,12,18H,5,7,9-11,13H2,1-4H3/t18-,20-/m1/s1. The highest BCUT2D eigenvalue weighted by Gasteiger charge is 2.53. The first-order valence-corrected chi connectivity index (χ1v) is 8.70. The molecular formula is C20H28O3. The number of esters is 1. The molecule has 0 bridgehead atoms. The average Bonchev–Trinajstić information content (AvgIpc) is 2.52. The molecule has 0 radical (unpaired) electrons. The van der Waals surface area contributed by atoms with Crippen LogP contribution < -0.4 is 4.74 Å². The summed E-state index contributed by atoms with van der Waals surface area (Å²) in [7, 11) is 1.71. The van der Waals surface area contributed by atoms with E-state index in [4.69, 9.17) is 9.47 Å². The first-order chi connectivity index (χ1) is 10.9. The lowest BCUT2D eigenvalue weighted by Crippen LogP contribution is -2.52. The van der Waals surface area contributed by atoms with Crippen molar-refractivity contribution in [2.24, 2.45) is 11.3 Å². The number of hydrogen-bond donors (Lipinski definition) is 0. The molecule has 23 heavy (non-hydrogen) atoms. The molecule has 0 amide bonds. The van der Waals surface area contributed by atoms with E-state index in [1.54, 1.807) is 7.11 Å². The van der Waals surface area contributed by atoms with Crippen molar-refractivity contribution in [1.82, 2.24) is 0 Å². The molecule has 3 nitrogen and oxygen atoms in total. The van der Waals surface area contributed by atoms with Gasteiger partial charge in [-0.25, -0.2) is 0 Å². The van der Waals surface area contributed by atoms with Crippen LogP contribution in [0, 0.1) is 11.3 Å². The molecule has 0 N–H and O–H groups in total. The van der Waals surface area contributed by atoms with E-state index in [9.17, 15) is 4.79 Å². The Bertz CT molecular complexity index is 605. The summed E-state index contributed by atoms with van der Waals surface area (Å²) in [4.78, 5) is 11.5. The summed E-state index contributed by atoms with van der Waals surface area (Å²) in [6.45, 7) is 6.76. The normalized spacial score (nSPS) is 28.4. The number of benzene rings is 1. The molecule has 0 unspecified atom stereocenters. The third-order valence-corrected chi connectivity index (χ3v) is 6.14. The van der Waals surface area contributed by atoms with Gasteiger partial charge in [0.15, 0.2) is 0 Å². The van der Waals surface area contributed by atoms with Crippen LogP contribution in [0.25, 0.3) is 0 Å². The average molecular weight is 316 g/mol. The molecule has 0 spiro atoms. The second-order valence-electron chi connectivity index (χ2n) is 7.89. The minimum absolute atomic E-state index is 0.0600. The number of rotatable bonds is 3. The maximum atomic E-state index is 11.5. The summed E-state index contributed by atoms with van der Waals surface area (Å²) in [5.74, 6) is 1.26. The molecule has 0 aliphatic heterocycles. The Kier molecular flexibility index (Phi) is 4.16. The van der Waals surface area contributed by atoms with Gasteiger partial charge in [0.25, 0.3) is 0 Å². The van der Waals surface area contributed by atoms with E-state index in [1.807, 2.05) is 6.07 Å². The summed E-state index contributed by atoms with van der Waals surface area (Å²) in [6, 6.07) is 6.43. The fourth-order valence-corrected chi connectivity index (χ4v) is 5.09. The largest absolute Gasteiger partial charge is 0.497 e. The Morgan fingerprint density at radius 2 is 2.09 bits per heavy atom. The van der Waals surface area contributed by atoms with E-state index in [2.05, 4.69) is 26.0 Å². The molecule has 3 rings (SSSR count). The van der Waals surface area contributed by atoms with Crippen molar-refractivity contribution >= 4 is 5.97 Å². The van der Waals surface area contributed by atoms with Crippen LogP contribution in [0.2, 0.25) is 0 Å². The van der Waals surface area contributed by atoms with Gasteiger partial charge in [-0.1, -0.05) is 26.3 Å². The molecule has 3 heteroatoms. The van der Waals surface area contributed by atoms with Gasteiger partial charge >= 0.3 is 5.97 Å². The van der Waals surface area contributed by atoms with Gasteiger partial charge in [-0.05, 0) is 60.3 Å². The van der Waals surface area contributed by atoms with Gasteiger partial charge in [0, 0.05) is 12.3 Å². The molecule has 2 atom stereocenters. The molecular weight excluding hydrogens is 288 g/mol. The minimum atomic E-state index is -0.184. The van der Waals surface area contributed by atoms with E-state index < -0.39 is 0 Å². The lowest BCUT2D eigenvalue weighted by molar-refractivity contribution is -0.146. The molecule has 2 aliphatic rings. The van der Waals surface area contributed by atoms with Gasteiger partial charge in [0.2, 0.25) is 0 Å². The minimum Gasteiger partial charge on any atom is -0.497 e. The maximum absolute atomic E-state index is 11.5. The molecule has 1 aromatic rings. The van der Waals surface area contributed by atoms with E-state index in [0.717, 1.165) is 18.6 Å². The Balaban J connectivity index is 2.11. The Morgan fingerprint density at radius 3 is 2.78 bits per heavy atom. The number of carbonyl (C=O) groups is 1. The van der Waals surface area contributed by atoms with Crippen LogP contribution in [0.4, 0.5) is 0 Å². The van der Waals surface area contributed by atoms with Crippen LogP contribution >= 0.6 is 0 Å². The van der Waals surface area contributed by atoms with Gasteiger partial charge in [-0.15, -0.1) is 0 Å². The first-order valence-electron chi connectivity index (χ1n) is 8.70. The van der Waals surface area contributed by atoms with Crippen LogP contribution in [-0.2, 0) is 21.4 Å². The molecule has 126 valence electrons. The van der Waals surface area contributed by atoms with Crippen molar-refractivity contribution in [1.29, 1.82) is 0 Å². The van der Waals surface area contributed by atoms with Gasteiger partial charge in [0.05, 0.1) is 7.11 Å². The Hall–Kier alpha value is -1.51. The smallest absolute Gasteiger partial charge is 0.302 e. The van der Waals surface area contributed by atoms with Crippen LogP contribution in [0.5, 0.6) is 5.75 Å². The van der Waals surface area contributed by atoms with E-state index in [-0.39, 0.29) is 16.8 Å². The van der Waals surface area contributed by atoms with Crippen LogP contribution in [0.3, 0.4) is 0 Å². The predicted molar refractivity (Wildman–Crippen MR) is 90.7 cm³/mol. The van der Waals surface area contributed by atoms with Crippen molar-refractivity contribution in [3.63, 3.8) is 0 Å². The molecule has 2 aliphatic carbocycles. The second-order valence-corrected chi connectivity index (χ2v) is 7.89. The molecule has 1 aromatic carbocycles. The number of ether oxygens (including phenoxy) is 2. The van der Waals surface area contributed by atoms with Gasteiger partial charge in [-0.3, -0.25) is 4.79 Å². The fourth-order valence-electron chi connectivity index (χ4n) is 5.09. The zero-order valence-corrected chi connectivity index (χ0v) is 14.8. The monoisotopic (exact) mass is 316 g/mol. The quantitative estimate of drug-likeness (QED) is 0.781. The summed E-state index contributed by atoms with van der Waals surface area (Å²) in [5.41, 5.74) is 2.96. The number of aryl methyl sites for hydroxylation is 1. The van der Waals surface area contributed by atoms with Crippen molar-refractivity contribution < 1.29 is 14.3 Å². The summed E-state index contributed by atoms with van der Waals surface area (Å²) >= 11 is 0. The number of carbonyl (C=O) groups excluding carboxylic acids is 1. The maximum Gasteiger partial charge on any atom is 0.302 e. The van der Waals surface area contributed by atoms with Crippen molar-refractivity contribution in [2.45, 2.75) is 58.3 Å². The summed E-state index contributed by atoms with van der Waals surface area (Å²) in [5, 5.41) is 0. The van der Waals surface area contributed by atoms with Crippen molar-refractivity contribution in [3.8, 4) is 5.75 Å². The highest BCUT2D eigenvalue weighted by atomic mass is 16.5. The summed E-state index contributed by atoms with van der Waals surface area (Å²) in [6.07, 6.45) is 5.80. The fraction of sp³-hybridized carbons (Fsp3) is 0.650. The predicted octanol–water partition coefficient (Wildman–Crippen LogP) is 4.27. The lowest BCUT2D eigenvalue weighted by Gasteiger charge is -2.55.